The molecule has 3 aromatic heterocycles. The molecule has 1 atom stereocenters. The Bertz CT molecular complexity index is 1080. The van der Waals surface area contributed by atoms with Crippen LogP contribution < -0.4 is 10.6 Å². The number of H-pyrrole nitrogens is 1. The van der Waals surface area contributed by atoms with Gasteiger partial charge < -0.3 is 15.6 Å². The molecule has 146 valence electrons. The van der Waals surface area contributed by atoms with E-state index in [-0.39, 0.29) is 6.04 Å². The van der Waals surface area contributed by atoms with Crippen LogP contribution >= 0.6 is 0 Å². The maximum atomic E-state index is 5.75. The van der Waals surface area contributed by atoms with Crippen molar-refractivity contribution in [2.24, 2.45) is 5.73 Å². The normalized spacial score (nSPS) is 16.0. The average Bonchev–Trinajstić information content (AvgIpc) is 3.20. The van der Waals surface area contributed by atoms with E-state index >= 15 is 0 Å². The second-order valence-corrected chi connectivity index (χ2v) is 7.50. The molecule has 6 nitrogen and oxygen atoms in total. The number of pyridine rings is 2. The molecule has 5 rings (SSSR count). The number of hydrogen-bond acceptors (Lipinski definition) is 5. The van der Waals surface area contributed by atoms with Gasteiger partial charge in [-0.15, -0.1) is 0 Å². The fourth-order valence-electron chi connectivity index (χ4n) is 4.22. The van der Waals surface area contributed by atoms with Crippen LogP contribution in [0.5, 0.6) is 0 Å². The van der Waals surface area contributed by atoms with Crippen LogP contribution in [0.25, 0.3) is 11.0 Å². The smallest absolute Gasteiger partial charge is 0.126 e. The van der Waals surface area contributed by atoms with E-state index in [0.29, 0.717) is 13.1 Å². The maximum Gasteiger partial charge on any atom is 0.126 e. The van der Waals surface area contributed by atoms with E-state index in [1.54, 1.807) is 0 Å². The first-order valence-electron chi connectivity index (χ1n) is 10.1. The molecule has 6 heteroatoms. The topological polar surface area (TPSA) is 83.7 Å². The number of nitrogens with two attached hydrogens (primary N) is 1. The summed E-state index contributed by atoms with van der Waals surface area (Å²) >= 11 is 0. The van der Waals surface area contributed by atoms with Gasteiger partial charge in [-0.2, -0.15) is 0 Å². The zero-order valence-electron chi connectivity index (χ0n) is 16.3. The predicted molar refractivity (Wildman–Crippen MR) is 114 cm³/mol. The Kier molecular flexibility index (Phi) is 4.69. The van der Waals surface area contributed by atoms with Crippen LogP contribution in [-0.4, -0.2) is 19.9 Å². The summed E-state index contributed by atoms with van der Waals surface area (Å²) in [6, 6.07) is 16.7. The minimum absolute atomic E-state index is 0.193. The van der Waals surface area contributed by atoms with Gasteiger partial charge in [-0.3, -0.25) is 9.97 Å². The van der Waals surface area contributed by atoms with Gasteiger partial charge in [-0.25, -0.2) is 4.98 Å². The minimum Gasteiger partial charge on any atom is -0.354 e. The number of para-hydroxylation sites is 2. The fourth-order valence-corrected chi connectivity index (χ4v) is 4.22. The molecule has 3 N–H and O–H groups in total. The summed E-state index contributed by atoms with van der Waals surface area (Å²) in [5.74, 6) is 0.942. The number of fused-ring (bicyclic) bond motifs is 2. The number of imidazole rings is 1. The van der Waals surface area contributed by atoms with Crippen molar-refractivity contribution in [3.63, 3.8) is 0 Å². The van der Waals surface area contributed by atoms with Crippen molar-refractivity contribution in [2.45, 2.75) is 38.4 Å². The highest BCUT2D eigenvalue weighted by Crippen LogP contribution is 2.36. The summed E-state index contributed by atoms with van der Waals surface area (Å²) in [5.41, 5.74) is 12.2. The van der Waals surface area contributed by atoms with Gasteiger partial charge >= 0.3 is 0 Å². The van der Waals surface area contributed by atoms with Crippen molar-refractivity contribution in [3.05, 3.63) is 83.7 Å². The summed E-state index contributed by atoms with van der Waals surface area (Å²) in [4.78, 5) is 19.9. The van der Waals surface area contributed by atoms with Gasteiger partial charge in [-0.1, -0.05) is 18.2 Å². The van der Waals surface area contributed by atoms with Crippen molar-refractivity contribution >= 4 is 16.7 Å². The molecule has 0 bridgehead atoms. The van der Waals surface area contributed by atoms with E-state index < -0.39 is 0 Å². The number of hydrogen-bond donors (Lipinski definition) is 2. The predicted octanol–water partition coefficient (Wildman–Crippen LogP) is 3.90. The number of anilines is 1. The van der Waals surface area contributed by atoms with E-state index in [1.807, 2.05) is 42.7 Å². The largest absolute Gasteiger partial charge is 0.354 e. The van der Waals surface area contributed by atoms with Crippen LogP contribution in [0.3, 0.4) is 0 Å². The van der Waals surface area contributed by atoms with E-state index in [2.05, 4.69) is 33.1 Å². The Morgan fingerprint density at radius 2 is 2.00 bits per heavy atom. The molecular formula is C23H24N6. The highest BCUT2D eigenvalue weighted by atomic mass is 15.2. The van der Waals surface area contributed by atoms with E-state index in [9.17, 15) is 0 Å². The molecule has 0 saturated carbocycles. The van der Waals surface area contributed by atoms with Gasteiger partial charge in [0.05, 0.1) is 46.9 Å². The van der Waals surface area contributed by atoms with Crippen molar-refractivity contribution in [1.29, 1.82) is 0 Å². The van der Waals surface area contributed by atoms with Gasteiger partial charge in [0.15, 0.2) is 0 Å². The average molecular weight is 384 g/mol. The number of aromatic amines is 1. The lowest BCUT2D eigenvalue weighted by molar-refractivity contribution is 0.500. The number of aromatic nitrogens is 4. The van der Waals surface area contributed by atoms with Crippen molar-refractivity contribution in [1.82, 2.24) is 19.9 Å². The first kappa shape index (κ1) is 17.8. The van der Waals surface area contributed by atoms with E-state index in [1.165, 1.54) is 5.56 Å². The molecule has 1 aromatic carbocycles. The summed E-state index contributed by atoms with van der Waals surface area (Å²) in [6.07, 6.45) is 7.11. The van der Waals surface area contributed by atoms with E-state index in [0.717, 1.165) is 53.2 Å². The molecule has 1 aliphatic carbocycles. The van der Waals surface area contributed by atoms with Gasteiger partial charge in [-0.05, 0) is 55.2 Å². The molecule has 0 amide bonds. The zero-order valence-corrected chi connectivity index (χ0v) is 16.3. The Labute approximate surface area is 169 Å². The molecule has 3 heterocycles. The SMILES string of the molecule is NCc1ccc(N(Cc2nc3ccccc3[nH]2)C2CCCc3cccnc32)cn1. The highest BCUT2D eigenvalue weighted by molar-refractivity contribution is 5.74. The third kappa shape index (κ3) is 3.47. The lowest BCUT2D eigenvalue weighted by atomic mass is 9.90. The van der Waals surface area contributed by atoms with Crippen LogP contribution in [-0.2, 0) is 19.5 Å². The minimum atomic E-state index is 0.193. The summed E-state index contributed by atoms with van der Waals surface area (Å²) in [7, 11) is 0. The second-order valence-electron chi connectivity index (χ2n) is 7.50. The van der Waals surface area contributed by atoms with Crippen LogP contribution in [0.15, 0.2) is 60.9 Å². The molecule has 1 unspecified atom stereocenters. The number of rotatable bonds is 5. The van der Waals surface area contributed by atoms with Crippen LogP contribution in [0.2, 0.25) is 0 Å². The molecule has 0 saturated heterocycles. The third-order valence-electron chi connectivity index (χ3n) is 5.65. The van der Waals surface area contributed by atoms with Crippen LogP contribution in [0.1, 0.15) is 41.7 Å². The zero-order chi connectivity index (χ0) is 19.6. The standard InChI is InChI=1S/C23H24N6/c24-13-17-10-11-18(14-26-17)29(15-22-27-19-7-1-2-8-20(19)28-22)21-9-3-5-16-6-4-12-25-23(16)21/h1-2,4,6-8,10-12,14,21H,3,5,9,13,15,24H2,(H,27,28). The number of benzene rings is 1. The van der Waals surface area contributed by atoms with Crippen LogP contribution in [0, 0.1) is 0 Å². The van der Waals surface area contributed by atoms with Crippen molar-refractivity contribution < 1.29 is 0 Å². The molecule has 0 aliphatic heterocycles. The fraction of sp³-hybridized carbons (Fsp3) is 0.261. The highest BCUT2D eigenvalue weighted by Gasteiger charge is 2.28. The molecule has 0 radical (unpaired) electrons. The number of aryl methyl sites for hydroxylation is 1. The van der Waals surface area contributed by atoms with Crippen LogP contribution in [0.4, 0.5) is 5.69 Å². The Hall–Kier alpha value is -3.25. The van der Waals surface area contributed by atoms with Crippen molar-refractivity contribution in [3.8, 4) is 0 Å². The molecular weight excluding hydrogens is 360 g/mol. The summed E-state index contributed by atoms with van der Waals surface area (Å²) < 4.78 is 0. The molecule has 1 aliphatic rings. The quantitative estimate of drug-likeness (QED) is 0.545. The molecule has 4 aromatic rings. The summed E-state index contributed by atoms with van der Waals surface area (Å²) in [5, 5.41) is 0. The van der Waals surface area contributed by atoms with Gasteiger partial charge in [0.2, 0.25) is 0 Å². The summed E-state index contributed by atoms with van der Waals surface area (Å²) in [6.45, 7) is 1.11. The van der Waals surface area contributed by atoms with Gasteiger partial charge in [0, 0.05) is 12.7 Å². The Morgan fingerprint density at radius 1 is 1.07 bits per heavy atom. The van der Waals surface area contributed by atoms with Gasteiger partial charge in [0.25, 0.3) is 0 Å². The second kappa shape index (κ2) is 7.64. The third-order valence-corrected chi connectivity index (χ3v) is 5.65. The Morgan fingerprint density at radius 3 is 2.83 bits per heavy atom. The Balaban J connectivity index is 1.55. The monoisotopic (exact) mass is 384 g/mol. The first-order chi connectivity index (χ1) is 14.3. The van der Waals surface area contributed by atoms with Gasteiger partial charge in [0.1, 0.15) is 5.82 Å². The maximum absolute atomic E-state index is 5.75. The first-order valence-corrected chi connectivity index (χ1v) is 10.1. The van der Waals surface area contributed by atoms with Crippen molar-refractivity contribution in [2.75, 3.05) is 4.90 Å². The molecule has 0 fully saturated rings. The van der Waals surface area contributed by atoms with E-state index in [4.69, 9.17) is 15.7 Å². The molecule has 29 heavy (non-hydrogen) atoms. The lowest BCUT2D eigenvalue weighted by Crippen LogP contribution is -2.32. The number of nitrogens with one attached hydrogen (secondary N) is 1. The lowest BCUT2D eigenvalue weighted by Gasteiger charge is -2.36. The number of nitrogens with zero attached hydrogens (tertiary/aromatic N) is 4. The molecule has 0 spiro atoms.